The van der Waals surface area contributed by atoms with Crippen LogP contribution >= 0.6 is 0 Å². The van der Waals surface area contributed by atoms with Crippen LogP contribution in [0.25, 0.3) is 0 Å². The first-order valence-electron chi connectivity index (χ1n) is 14.6. The summed E-state index contributed by atoms with van der Waals surface area (Å²) < 4.78 is 6.62. The van der Waals surface area contributed by atoms with E-state index in [2.05, 4.69) is 54.3 Å². The highest BCUT2D eigenvalue weighted by Gasteiger charge is 2.60. The molecule has 0 amide bonds. The van der Waals surface area contributed by atoms with Crippen molar-refractivity contribution in [3.05, 3.63) is 0 Å². The fraction of sp³-hybridized carbons (Fsp3) is 1.00. The fourth-order valence-electron chi connectivity index (χ4n) is 9.85. The summed E-state index contributed by atoms with van der Waals surface area (Å²) in [4.78, 5) is 0. The Morgan fingerprint density at radius 2 is 1.50 bits per heavy atom. The van der Waals surface area contributed by atoms with Crippen LogP contribution in [0, 0.1) is 52.3 Å². The van der Waals surface area contributed by atoms with Crippen LogP contribution in [0.5, 0.6) is 0 Å². The summed E-state index contributed by atoms with van der Waals surface area (Å²) in [6.45, 7) is 20.0. The molecule has 4 fully saturated rings. The van der Waals surface area contributed by atoms with Crippen LogP contribution < -0.4 is 0 Å². The van der Waals surface area contributed by atoms with Crippen molar-refractivity contribution in [1.82, 2.24) is 0 Å². The highest BCUT2D eigenvalue weighted by atomic mass is 28.4. The van der Waals surface area contributed by atoms with Gasteiger partial charge in [-0.2, -0.15) is 0 Å². The molecule has 4 aliphatic carbocycles. The maximum Gasteiger partial charge on any atom is 0.184 e. The second kappa shape index (κ2) is 9.33. The summed E-state index contributed by atoms with van der Waals surface area (Å²) in [7, 11) is -1.42. The molecule has 0 aromatic rings. The van der Waals surface area contributed by atoms with Crippen LogP contribution in [0.4, 0.5) is 0 Å². The average Bonchev–Trinajstić information content (AvgIpc) is 3.04. The van der Waals surface area contributed by atoms with Crippen molar-refractivity contribution >= 4 is 8.32 Å². The molecular formula is C30H56OSi. The van der Waals surface area contributed by atoms with E-state index in [1.807, 2.05) is 0 Å². The van der Waals surface area contributed by atoms with Crippen LogP contribution in [0.3, 0.4) is 0 Å². The van der Waals surface area contributed by atoms with Gasteiger partial charge in [0.15, 0.2) is 8.32 Å². The van der Waals surface area contributed by atoms with Crippen molar-refractivity contribution in [1.29, 1.82) is 0 Å². The first kappa shape index (κ1) is 25.3. The van der Waals surface area contributed by atoms with E-state index in [1.165, 1.54) is 70.6 Å². The van der Waals surface area contributed by atoms with E-state index in [1.54, 1.807) is 6.42 Å². The van der Waals surface area contributed by atoms with Crippen LogP contribution in [-0.2, 0) is 4.43 Å². The van der Waals surface area contributed by atoms with E-state index in [0.29, 0.717) is 16.9 Å². The molecule has 0 aromatic carbocycles. The number of rotatable bonds is 7. The number of fused-ring (bicyclic) bond motifs is 5. The Morgan fingerprint density at radius 1 is 0.812 bits per heavy atom. The van der Waals surface area contributed by atoms with Gasteiger partial charge in [0.25, 0.3) is 0 Å². The Hall–Kier alpha value is 0.177. The summed E-state index contributed by atoms with van der Waals surface area (Å²) in [6, 6.07) is 0. The van der Waals surface area contributed by atoms with Crippen molar-refractivity contribution in [2.75, 3.05) is 0 Å². The number of hydrogen-bond donors (Lipinski definition) is 0. The minimum Gasteiger partial charge on any atom is -0.415 e. The third-order valence-corrected chi connectivity index (χ3v) is 12.4. The molecule has 4 saturated carbocycles. The van der Waals surface area contributed by atoms with Gasteiger partial charge in [0.2, 0.25) is 0 Å². The Bertz CT molecular complexity index is 637. The van der Waals surface area contributed by atoms with Gasteiger partial charge in [0.1, 0.15) is 0 Å². The molecule has 0 bridgehead atoms. The van der Waals surface area contributed by atoms with E-state index < -0.39 is 8.32 Å². The van der Waals surface area contributed by atoms with E-state index in [0.717, 1.165) is 41.4 Å². The van der Waals surface area contributed by atoms with E-state index in [-0.39, 0.29) is 0 Å². The first-order chi connectivity index (χ1) is 14.9. The molecule has 0 unspecified atom stereocenters. The lowest BCUT2D eigenvalue weighted by Gasteiger charge is -2.61. The van der Waals surface area contributed by atoms with Crippen molar-refractivity contribution < 1.29 is 4.43 Å². The molecule has 2 heteroatoms. The number of hydrogen-bond acceptors (Lipinski definition) is 1. The summed E-state index contributed by atoms with van der Waals surface area (Å²) >= 11 is 0. The molecule has 0 N–H and O–H groups in total. The van der Waals surface area contributed by atoms with Crippen molar-refractivity contribution in [2.24, 2.45) is 52.3 Å². The molecule has 186 valence electrons. The second-order valence-electron chi connectivity index (χ2n) is 14.8. The van der Waals surface area contributed by atoms with Crippen molar-refractivity contribution in [3.8, 4) is 0 Å². The zero-order valence-electron chi connectivity index (χ0n) is 23.0. The van der Waals surface area contributed by atoms with E-state index >= 15 is 0 Å². The Kier molecular flexibility index (Phi) is 7.37. The second-order valence-corrected chi connectivity index (χ2v) is 19.3. The lowest BCUT2D eigenvalue weighted by atomic mass is 9.44. The summed E-state index contributed by atoms with van der Waals surface area (Å²) in [5.74, 6) is 6.77. The summed E-state index contributed by atoms with van der Waals surface area (Å²) in [5, 5.41) is 0. The van der Waals surface area contributed by atoms with Gasteiger partial charge in [-0.3, -0.25) is 0 Å². The molecule has 0 heterocycles. The van der Waals surface area contributed by atoms with Gasteiger partial charge in [-0.1, -0.05) is 53.9 Å². The summed E-state index contributed by atoms with van der Waals surface area (Å²) in [5.41, 5.74) is 1.24. The van der Waals surface area contributed by atoms with Gasteiger partial charge in [-0.25, -0.2) is 0 Å². The summed E-state index contributed by atoms with van der Waals surface area (Å²) in [6.07, 6.45) is 18.2. The van der Waals surface area contributed by atoms with Crippen molar-refractivity contribution in [2.45, 2.75) is 137 Å². The monoisotopic (exact) mass is 460 g/mol. The topological polar surface area (TPSA) is 9.23 Å². The Labute approximate surface area is 202 Å². The van der Waals surface area contributed by atoms with Gasteiger partial charge in [0.05, 0.1) is 0 Å². The molecule has 9 atom stereocenters. The Balaban J connectivity index is 1.42. The van der Waals surface area contributed by atoms with Crippen LogP contribution in [0.2, 0.25) is 19.6 Å². The standard InChI is InChI=1S/C30H56OSi/c1-21(2)10-9-11-22(3)26-14-15-27-25-13-12-23-20-24(31-32(6,7)8)16-18-29(23,4)28(25)17-19-30(26,27)5/h21-28H,9-20H2,1-8H3/t22-,23+,24-,25+,26-,27+,28+,29+,30-/m1/s1. The van der Waals surface area contributed by atoms with Gasteiger partial charge < -0.3 is 4.43 Å². The van der Waals surface area contributed by atoms with Crippen LogP contribution in [0.1, 0.15) is 112 Å². The molecule has 0 spiro atoms. The van der Waals surface area contributed by atoms with Crippen LogP contribution in [0.15, 0.2) is 0 Å². The zero-order valence-corrected chi connectivity index (χ0v) is 24.0. The van der Waals surface area contributed by atoms with Gasteiger partial charge in [-0.15, -0.1) is 0 Å². The third-order valence-electron chi connectivity index (χ3n) is 11.3. The normalized spacial score (nSPS) is 45.3. The SMILES string of the molecule is CC(C)CCC[C@@H](C)[C@H]1CC[C@H]2[C@@H]3CC[C@H]4C[C@H](O[Si](C)(C)C)CC[C@]4(C)[C@H]3CC[C@]12C. The van der Waals surface area contributed by atoms with Crippen molar-refractivity contribution in [3.63, 3.8) is 0 Å². The minimum absolute atomic E-state index is 0.563. The highest BCUT2D eigenvalue weighted by Crippen LogP contribution is 2.68. The maximum atomic E-state index is 6.62. The molecule has 32 heavy (non-hydrogen) atoms. The third kappa shape index (κ3) is 4.80. The van der Waals surface area contributed by atoms with Crippen LogP contribution in [-0.4, -0.2) is 14.4 Å². The van der Waals surface area contributed by atoms with E-state index in [4.69, 9.17) is 4.43 Å². The smallest absolute Gasteiger partial charge is 0.184 e. The molecule has 0 radical (unpaired) electrons. The largest absolute Gasteiger partial charge is 0.415 e. The predicted molar refractivity (Wildman–Crippen MR) is 141 cm³/mol. The lowest BCUT2D eigenvalue weighted by molar-refractivity contribution is -0.127. The highest BCUT2D eigenvalue weighted by molar-refractivity contribution is 6.69. The maximum absolute atomic E-state index is 6.62. The minimum atomic E-state index is -1.42. The molecule has 1 nitrogen and oxygen atoms in total. The first-order valence-corrected chi connectivity index (χ1v) is 18.0. The molecule has 4 aliphatic rings. The molecule has 0 aliphatic heterocycles. The average molecular weight is 461 g/mol. The molecule has 4 rings (SSSR count). The predicted octanol–water partition coefficient (Wildman–Crippen LogP) is 9.33. The Morgan fingerprint density at radius 3 is 2.19 bits per heavy atom. The fourth-order valence-corrected chi connectivity index (χ4v) is 11.1. The van der Waals surface area contributed by atoms with E-state index in [9.17, 15) is 0 Å². The quantitative estimate of drug-likeness (QED) is 0.344. The lowest BCUT2D eigenvalue weighted by Crippen LogP contribution is -2.54. The zero-order chi connectivity index (χ0) is 23.3. The van der Waals surface area contributed by atoms with Gasteiger partial charge in [-0.05, 0) is 130 Å². The molecule has 0 saturated heterocycles. The van der Waals surface area contributed by atoms with Gasteiger partial charge >= 0.3 is 0 Å². The van der Waals surface area contributed by atoms with Gasteiger partial charge in [0, 0.05) is 6.10 Å². The molecular weight excluding hydrogens is 404 g/mol. The molecule has 0 aromatic heterocycles.